The molecule has 146 valence electrons. The van der Waals surface area contributed by atoms with E-state index >= 15 is 0 Å². The highest BCUT2D eigenvalue weighted by Gasteiger charge is 2.30. The normalized spacial score (nSPS) is 13.7. The summed E-state index contributed by atoms with van der Waals surface area (Å²) in [6.07, 6.45) is 1.12. The first kappa shape index (κ1) is 21.0. The average Bonchev–Trinajstić information content (AvgIpc) is 2.55. The summed E-state index contributed by atoms with van der Waals surface area (Å²) in [5, 5.41) is 2.96. The molecule has 0 heterocycles. The van der Waals surface area contributed by atoms with E-state index in [1.807, 2.05) is 52.0 Å². The first-order valence-corrected chi connectivity index (χ1v) is 10.8. The zero-order chi connectivity index (χ0) is 20.4. The highest BCUT2D eigenvalue weighted by molar-refractivity contribution is 7.92. The van der Waals surface area contributed by atoms with Crippen molar-refractivity contribution in [2.75, 3.05) is 10.6 Å². The van der Waals surface area contributed by atoms with Crippen molar-refractivity contribution in [3.63, 3.8) is 0 Å². The van der Waals surface area contributed by atoms with E-state index in [2.05, 4.69) is 5.32 Å². The fourth-order valence-electron chi connectivity index (χ4n) is 3.21. The molecule has 6 heteroatoms. The molecule has 1 amide bonds. The van der Waals surface area contributed by atoms with Crippen LogP contribution in [-0.4, -0.2) is 26.6 Å². The standard InChI is InChI=1S/C21H28N2O3S/c1-14-8-7-9-19(12-14)23(27(6,25)26)18(5)21(24)22-17(4)20-13-15(2)10-11-16(20)3/h7-13,17-18H,1-6H3,(H,22,24)/t17-,18+/m1/s1. The van der Waals surface area contributed by atoms with E-state index in [-0.39, 0.29) is 11.9 Å². The summed E-state index contributed by atoms with van der Waals surface area (Å²) < 4.78 is 26.0. The highest BCUT2D eigenvalue weighted by atomic mass is 32.2. The average molecular weight is 389 g/mol. The Morgan fingerprint density at radius 2 is 1.63 bits per heavy atom. The molecule has 0 aliphatic heterocycles. The van der Waals surface area contributed by atoms with Gasteiger partial charge in [0.2, 0.25) is 15.9 Å². The molecule has 0 aliphatic rings. The smallest absolute Gasteiger partial charge is 0.244 e. The summed E-state index contributed by atoms with van der Waals surface area (Å²) in [7, 11) is -3.62. The quantitative estimate of drug-likeness (QED) is 0.821. The largest absolute Gasteiger partial charge is 0.348 e. The third-order valence-corrected chi connectivity index (χ3v) is 5.85. The summed E-state index contributed by atoms with van der Waals surface area (Å²) in [6, 6.07) is 12.1. The van der Waals surface area contributed by atoms with E-state index in [0.717, 1.165) is 28.5 Å². The number of benzene rings is 2. The van der Waals surface area contributed by atoms with Crippen LogP contribution in [-0.2, 0) is 14.8 Å². The molecule has 2 aromatic carbocycles. The fourth-order valence-corrected chi connectivity index (χ4v) is 4.38. The lowest BCUT2D eigenvalue weighted by molar-refractivity contribution is -0.122. The van der Waals surface area contributed by atoms with Crippen molar-refractivity contribution in [2.45, 2.75) is 46.7 Å². The van der Waals surface area contributed by atoms with Gasteiger partial charge >= 0.3 is 0 Å². The maximum absolute atomic E-state index is 12.9. The molecule has 5 nitrogen and oxygen atoms in total. The number of hydrogen-bond donors (Lipinski definition) is 1. The zero-order valence-corrected chi connectivity index (χ0v) is 17.6. The molecule has 0 bridgehead atoms. The molecule has 0 saturated carbocycles. The molecule has 2 aromatic rings. The molecular weight excluding hydrogens is 360 g/mol. The van der Waals surface area contributed by atoms with Crippen LogP contribution in [0.4, 0.5) is 5.69 Å². The number of anilines is 1. The molecular formula is C21H28N2O3S. The van der Waals surface area contributed by atoms with Crippen molar-refractivity contribution in [3.8, 4) is 0 Å². The Kier molecular flexibility index (Phi) is 6.31. The van der Waals surface area contributed by atoms with Gasteiger partial charge in [-0.15, -0.1) is 0 Å². The van der Waals surface area contributed by atoms with Crippen molar-refractivity contribution in [2.24, 2.45) is 0 Å². The van der Waals surface area contributed by atoms with Crippen molar-refractivity contribution >= 4 is 21.6 Å². The lowest BCUT2D eigenvalue weighted by Crippen LogP contribution is -2.48. The Hall–Kier alpha value is -2.34. The van der Waals surface area contributed by atoms with Crippen LogP contribution < -0.4 is 9.62 Å². The van der Waals surface area contributed by atoms with Gasteiger partial charge < -0.3 is 5.32 Å². The topological polar surface area (TPSA) is 66.5 Å². The van der Waals surface area contributed by atoms with Crippen LogP contribution in [0.5, 0.6) is 0 Å². The summed E-state index contributed by atoms with van der Waals surface area (Å²) in [4.78, 5) is 12.9. The van der Waals surface area contributed by atoms with E-state index in [4.69, 9.17) is 0 Å². The first-order valence-electron chi connectivity index (χ1n) is 8.94. The van der Waals surface area contributed by atoms with Crippen LogP contribution in [0.3, 0.4) is 0 Å². The van der Waals surface area contributed by atoms with Gasteiger partial charge in [0.05, 0.1) is 18.0 Å². The van der Waals surface area contributed by atoms with Crippen molar-refractivity contribution in [3.05, 3.63) is 64.7 Å². The highest BCUT2D eigenvalue weighted by Crippen LogP contribution is 2.23. The molecule has 27 heavy (non-hydrogen) atoms. The van der Waals surface area contributed by atoms with Gasteiger partial charge in [-0.05, 0) is 63.4 Å². The Morgan fingerprint density at radius 1 is 1.00 bits per heavy atom. The summed E-state index contributed by atoms with van der Waals surface area (Å²) in [5.74, 6) is -0.338. The SMILES string of the molecule is Cc1cccc(N([C@@H](C)C(=O)N[C@H](C)c2cc(C)ccc2C)S(C)(=O)=O)c1. The summed E-state index contributed by atoms with van der Waals surface area (Å²) in [5.41, 5.74) is 4.64. The molecule has 0 saturated heterocycles. The maximum Gasteiger partial charge on any atom is 0.244 e. The van der Waals surface area contributed by atoms with E-state index < -0.39 is 16.1 Å². The number of rotatable bonds is 6. The van der Waals surface area contributed by atoms with Crippen LogP contribution in [0.1, 0.15) is 42.1 Å². The third-order valence-electron chi connectivity index (χ3n) is 4.60. The number of hydrogen-bond acceptors (Lipinski definition) is 3. The zero-order valence-electron chi connectivity index (χ0n) is 16.8. The van der Waals surface area contributed by atoms with Crippen molar-refractivity contribution in [1.82, 2.24) is 5.32 Å². The summed E-state index contributed by atoms with van der Waals surface area (Å²) in [6.45, 7) is 9.40. The van der Waals surface area contributed by atoms with Gasteiger partial charge in [0.25, 0.3) is 0 Å². The van der Waals surface area contributed by atoms with Crippen molar-refractivity contribution < 1.29 is 13.2 Å². The van der Waals surface area contributed by atoms with E-state index in [1.165, 1.54) is 4.31 Å². The molecule has 2 rings (SSSR count). The molecule has 2 atom stereocenters. The van der Waals surface area contributed by atoms with Gasteiger partial charge in [-0.25, -0.2) is 8.42 Å². The minimum atomic E-state index is -3.62. The second-order valence-corrected chi connectivity index (χ2v) is 9.02. The molecule has 0 unspecified atom stereocenters. The number of aryl methyl sites for hydroxylation is 3. The third kappa shape index (κ3) is 5.10. The van der Waals surface area contributed by atoms with E-state index in [0.29, 0.717) is 5.69 Å². The van der Waals surface area contributed by atoms with Crippen molar-refractivity contribution in [1.29, 1.82) is 0 Å². The maximum atomic E-state index is 12.9. The van der Waals surface area contributed by atoms with Gasteiger partial charge in [-0.1, -0.05) is 35.9 Å². The van der Waals surface area contributed by atoms with Gasteiger partial charge in [0.1, 0.15) is 6.04 Å². The lowest BCUT2D eigenvalue weighted by atomic mass is 10.00. The lowest BCUT2D eigenvalue weighted by Gasteiger charge is -2.29. The van der Waals surface area contributed by atoms with E-state index in [9.17, 15) is 13.2 Å². The second kappa shape index (κ2) is 8.13. The molecule has 0 radical (unpaired) electrons. The Balaban J connectivity index is 2.28. The van der Waals surface area contributed by atoms with Gasteiger partial charge in [0.15, 0.2) is 0 Å². The Labute approximate surface area is 162 Å². The molecule has 0 spiro atoms. The second-order valence-electron chi connectivity index (χ2n) is 7.16. The first-order chi connectivity index (χ1) is 12.5. The number of carbonyl (C=O) groups is 1. The molecule has 0 fully saturated rings. The number of nitrogens with one attached hydrogen (secondary N) is 1. The van der Waals surface area contributed by atoms with Gasteiger partial charge in [-0.2, -0.15) is 0 Å². The minimum Gasteiger partial charge on any atom is -0.348 e. The number of amides is 1. The summed E-state index contributed by atoms with van der Waals surface area (Å²) >= 11 is 0. The van der Waals surface area contributed by atoms with Crippen LogP contribution in [0.25, 0.3) is 0 Å². The van der Waals surface area contributed by atoms with Crippen LogP contribution in [0.2, 0.25) is 0 Å². The predicted octanol–water partition coefficient (Wildman–Crippen LogP) is 3.64. The van der Waals surface area contributed by atoms with E-state index in [1.54, 1.807) is 25.1 Å². The van der Waals surface area contributed by atoms with Crippen LogP contribution >= 0.6 is 0 Å². The molecule has 0 aliphatic carbocycles. The van der Waals surface area contributed by atoms with Crippen LogP contribution in [0.15, 0.2) is 42.5 Å². The van der Waals surface area contributed by atoms with Crippen LogP contribution in [0, 0.1) is 20.8 Å². The Morgan fingerprint density at radius 3 is 2.22 bits per heavy atom. The fraction of sp³-hybridized carbons (Fsp3) is 0.381. The number of carbonyl (C=O) groups excluding carboxylic acids is 1. The number of nitrogens with zero attached hydrogens (tertiary/aromatic N) is 1. The van der Waals surface area contributed by atoms with Gasteiger partial charge in [-0.3, -0.25) is 9.10 Å². The van der Waals surface area contributed by atoms with Gasteiger partial charge in [0, 0.05) is 0 Å². The molecule has 1 N–H and O–H groups in total. The minimum absolute atomic E-state index is 0.223. The number of sulfonamides is 1. The predicted molar refractivity (Wildman–Crippen MR) is 110 cm³/mol. The molecule has 0 aromatic heterocycles. The monoisotopic (exact) mass is 388 g/mol. The Bertz CT molecular complexity index is 938.